The molecule has 0 spiro atoms. The summed E-state index contributed by atoms with van der Waals surface area (Å²) in [4.78, 5) is 5.93. The lowest BCUT2D eigenvalue weighted by Gasteiger charge is -2.15. The van der Waals surface area contributed by atoms with Gasteiger partial charge < -0.3 is 9.88 Å². The van der Waals surface area contributed by atoms with Gasteiger partial charge in [-0.2, -0.15) is 0 Å². The molecule has 98 valence electrons. The first-order chi connectivity index (χ1) is 8.61. The molecule has 0 aliphatic carbocycles. The Bertz CT molecular complexity index is 493. The number of thiazole rings is 1. The van der Waals surface area contributed by atoms with Gasteiger partial charge in [0.1, 0.15) is 5.01 Å². The van der Waals surface area contributed by atoms with E-state index in [1.165, 1.54) is 15.6 Å². The van der Waals surface area contributed by atoms with E-state index in [1.807, 2.05) is 0 Å². The molecule has 2 aromatic heterocycles. The van der Waals surface area contributed by atoms with Gasteiger partial charge in [0, 0.05) is 22.8 Å². The van der Waals surface area contributed by atoms with Crippen molar-refractivity contribution in [1.29, 1.82) is 0 Å². The number of rotatable bonds is 5. The number of aryl methyl sites for hydroxylation is 2. The van der Waals surface area contributed by atoms with Gasteiger partial charge in [-0.1, -0.05) is 6.92 Å². The number of nitrogens with one attached hydrogen (secondary N) is 1. The first kappa shape index (κ1) is 13.3. The molecular formula is C14H21N3S. The molecule has 1 N–H and O–H groups in total. The SMILES string of the molecule is CCNC(C)c1cccn1Cc1nc(C)c(C)s1. The molecule has 18 heavy (non-hydrogen) atoms. The zero-order chi connectivity index (χ0) is 13.1. The summed E-state index contributed by atoms with van der Waals surface area (Å²) in [6.45, 7) is 10.4. The lowest BCUT2D eigenvalue weighted by Crippen LogP contribution is -2.20. The molecular weight excluding hydrogens is 242 g/mol. The Labute approximate surface area is 113 Å². The fraction of sp³-hybridized carbons (Fsp3) is 0.500. The molecule has 0 radical (unpaired) electrons. The van der Waals surface area contributed by atoms with Crippen molar-refractivity contribution in [2.24, 2.45) is 0 Å². The molecule has 1 atom stereocenters. The largest absolute Gasteiger partial charge is 0.343 e. The highest BCUT2D eigenvalue weighted by molar-refractivity contribution is 7.11. The van der Waals surface area contributed by atoms with Crippen molar-refractivity contribution < 1.29 is 0 Å². The van der Waals surface area contributed by atoms with Crippen molar-refractivity contribution in [1.82, 2.24) is 14.9 Å². The predicted octanol–water partition coefficient (Wildman–Crippen LogP) is 3.28. The minimum Gasteiger partial charge on any atom is -0.343 e. The Morgan fingerprint density at radius 3 is 2.83 bits per heavy atom. The van der Waals surface area contributed by atoms with Gasteiger partial charge in [0.15, 0.2) is 0 Å². The molecule has 0 aliphatic heterocycles. The van der Waals surface area contributed by atoms with Gasteiger partial charge in [-0.05, 0) is 39.4 Å². The molecule has 0 fully saturated rings. The van der Waals surface area contributed by atoms with Crippen LogP contribution >= 0.6 is 11.3 Å². The number of hydrogen-bond donors (Lipinski definition) is 1. The zero-order valence-electron chi connectivity index (χ0n) is 11.5. The lowest BCUT2D eigenvalue weighted by molar-refractivity contribution is 0.553. The average Bonchev–Trinajstić information content (AvgIpc) is 2.88. The molecule has 4 heteroatoms. The third-order valence-electron chi connectivity index (χ3n) is 3.20. The van der Waals surface area contributed by atoms with Crippen LogP contribution in [0, 0.1) is 13.8 Å². The standard InChI is InChI=1S/C14H21N3S/c1-5-15-11(3)13-7-6-8-17(13)9-14-16-10(2)12(4)18-14/h6-8,11,15H,5,9H2,1-4H3. The van der Waals surface area contributed by atoms with Crippen molar-refractivity contribution in [3.63, 3.8) is 0 Å². The molecule has 0 amide bonds. The quantitative estimate of drug-likeness (QED) is 0.897. The van der Waals surface area contributed by atoms with E-state index in [9.17, 15) is 0 Å². The van der Waals surface area contributed by atoms with Crippen LogP contribution in [0.5, 0.6) is 0 Å². The van der Waals surface area contributed by atoms with Gasteiger partial charge in [-0.3, -0.25) is 0 Å². The van der Waals surface area contributed by atoms with Crippen LogP contribution in [0.25, 0.3) is 0 Å². The summed E-state index contributed by atoms with van der Waals surface area (Å²) in [5.41, 5.74) is 2.48. The normalized spacial score (nSPS) is 12.9. The maximum absolute atomic E-state index is 4.61. The van der Waals surface area contributed by atoms with Crippen LogP contribution in [0.2, 0.25) is 0 Å². The topological polar surface area (TPSA) is 29.9 Å². The van der Waals surface area contributed by atoms with E-state index in [4.69, 9.17) is 0 Å². The predicted molar refractivity (Wildman–Crippen MR) is 77.2 cm³/mol. The third kappa shape index (κ3) is 2.82. The summed E-state index contributed by atoms with van der Waals surface area (Å²) in [7, 11) is 0. The highest BCUT2D eigenvalue weighted by Gasteiger charge is 2.11. The van der Waals surface area contributed by atoms with Crippen LogP contribution in [-0.2, 0) is 6.54 Å². The summed E-state index contributed by atoms with van der Waals surface area (Å²) in [5, 5.41) is 4.64. The smallest absolute Gasteiger partial charge is 0.113 e. The van der Waals surface area contributed by atoms with Gasteiger partial charge in [0.05, 0.1) is 12.2 Å². The third-order valence-corrected chi connectivity index (χ3v) is 4.25. The maximum Gasteiger partial charge on any atom is 0.113 e. The molecule has 0 saturated carbocycles. The van der Waals surface area contributed by atoms with Crippen LogP contribution in [0.4, 0.5) is 0 Å². The van der Waals surface area contributed by atoms with Crippen LogP contribution in [0.1, 0.15) is 41.2 Å². The van der Waals surface area contributed by atoms with Gasteiger partial charge in [-0.25, -0.2) is 4.98 Å². The molecule has 0 bridgehead atoms. The fourth-order valence-corrected chi connectivity index (χ4v) is 3.06. The summed E-state index contributed by atoms with van der Waals surface area (Å²) < 4.78 is 2.28. The second-order valence-corrected chi connectivity index (χ2v) is 5.88. The first-order valence-electron chi connectivity index (χ1n) is 6.43. The molecule has 3 nitrogen and oxygen atoms in total. The van der Waals surface area contributed by atoms with Gasteiger partial charge in [-0.15, -0.1) is 11.3 Å². The van der Waals surface area contributed by atoms with E-state index in [0.717, 1.165) is 18.8 Å². The minimum atomic E-state index is 0.382. The summed E-state index contributed by atoms with van der Waals surface area (Å²) in [6, 6.07) is 4.67. The fourth-order valence-electron chi connectivity index (χ4n) is 2.13. The zero-order valence-corrected chi connectivity index (χ0v) is 12.3. The van der Waals surface area contributed by atoms with Crippen LogP contribution < -0.4 is 5.32 Å². The van der Waals surface area contributed by atoms with Crippen molar-refractivity contribution in [2.75, 3.05) is 6.54 Å². The highest BCUT2D eigenvalue weighted by Crippen LogP contribution is 2.20. The second kappa shape index (κ2) is 5.67. The molecule has 2 heterocycles. The number of aromatic nitrogens is 2. The summed E-state index contributed by atoms with van der Waals surface area (Å²) >= 11 is 1.79. The Hall–Kier alpha value is -1.13. The Morgan fingerprint density at radius 2 is 2.22 bits per heavy atom. The Balaban J connectivity index is 2.17. The van der Waals surface area contributed by atoms with Crippen LogP contribution in [-0.4, -0.2) is 16.1 Å². The second-order valence-electron chi connectivity index (χ2n) is 4.59. The van der Waals surface area contributed by atoms with Crippen molar-refractivity contribution in [2.45, 2.75) is 40.3 Å². The molecule has 0 aromatic carbocycles. The maximum atomic E-state index is 4.61. The molecule has 2 rings (SSSR count). The van der Waals surface area contributed by atoms with Crippen LogP contribution in [0.3, 0.4) is 0 Å². The molecule has 0 saturated heterocycles. The van der Waals surface area contributed by atoms with E-state index in [1.54, 1.807) is 11.3 Å². The molecule has 2 aromatic rings. The van der Waals surface area contributed by atoms with E-state index < -0.39 is 0 Å². The number of nitrogens with zero attached hydrogens (tertiary/aromatic N) is 2. The van der Waals surface area contributed by atoms with Crippen molar-refractivity contribution in [3.8, 4) is 0 Å². The Morgan fingerprint density at radius 1 is 1.44 bits per heavy atom. The van der Waals surface area contributed by atoms with E-state index in [-0.39, 0.29) is 0 Å². The number of hydrogen-bond acceptors (Lipinski definition) is 3. The Kier molecular flexibility index (Phi) is 4.19. The van der Waals surface area contributed by atoms with Crippen LogP contribution in [0.15, 0.2) is 18.3 Å². The lowest BCUT2D eigenvalue weighted by atomic mass is 10.2. The first-order valence-corrected chi connectivity index (χ1v) is 7.24. The van der Waals surface area contributed by atoms with Gasteiger partial charge in [0.2, 0.25) is 0 Å². The summed E-state index contributed by atoms with van der Waals surface area (Å²) in [5.74, 6) is 0. The van der Waals surface area contributed by atoms with E-state index in [2.05, 4.69) is 60.9 Å². The molecule has 1 unspecified atom stereocenters. The van der Waals surface area contributed by atoms with Gasteiger partial charge >= 0.3 is 0 Å². The summed E-state index contributed by atoms with van der Waals surface area (Å²) in [6.07, 6.45) is 2.13. The van der Waals surface area contributed by atoms with Crippen molar-refractivity contribution >= 4 is 11.3 Å². The minimum absolute atomic E-state index is 0.382. The van der Waals surface area contributed by atoms with Gasteiger partial charge in [0.25, 0.3) is 0 Å². The monoisotopic (exact) mass is 263 g/mol. The van der Waals surface area contributed by atoms with Crippen molar-refractivity contribution in [3.05, 3.63) is 39.6 Å². The molecule has 0 aliphatic rings. The van der Waals surface area contributed by atoms with E-state index >= 15 is 0 Å². The van der Waals surface area contributed by atoms with E-state index in [0.29, 0.717) is 6.04 Å². The average molecular weight is 263 g/mol. The highest BCUT2D eigenvalue weighted by atomic mass is 32.1.